The van der Waals surface area contributed by atoms with Crippen LogP contribution in [0.15, 0.2) is 60.5 Å². The van der Waals surface area contributed by atoms with Crippen molar-refractivity contribution in [2.45, 2.75) is 6.43 Å². The van der Waals surface area contributed by atoms with Crippen LogP contribution < -0.4 is 4.90 Å². The normalized spacial score (nSPS) is 15.4. The first-order chi connectivity index (χ1) is 8.08. The van der Waals surface area contributed by atoms with Gasteiger partial charge in [-0.2, -0.15) is 0 Å². The summed E-state index contributed by atoms with van der Waals surface area (Å²) in [6.07, 6.45) is 1.86. The smallest absolute Gasteiger partial charge is 0.263 e. The Morgan fingerprint density at radius 1 is 1.18 bits per heavy atom. The second-order valence-electron chi connectivity index (χ2n) is 3.60. The van der Waals surface area contributed by atoms with Crippen LogP contribution in [-0.2, 0) is 0 Å². The molecule has 0 radical (unpaired) electrons. The first kappa shape index (κ1) is 11.9. The summed E-state index contributed by atoms with van der Waals surface area (Å²) in [5, 5.41) is 0.629. The maximum atomic E-state index is 12.5. The summed E-state index contributed by atoms with van der Waals surface area (Å²) in [6, 6.07) is 7.09. The fourth-order valence-corrected chi connectivity index (χ4v) is 1.68. The van der Waals surface area contributed by atoms with E-state index in [-0.39, 0.29) is 5.57 Å². The largest absolute Gasteiger partial charge is 0.318 e. The number of alkyl halides is 2. The van der Waals surface area contributed by atoms with Crippen LogP contribution in [0.5, 0.6) is 0 Å². The lowest BCUT2D eigenvalue weighted by Gasteiger charge is -2.24. The first-order valence-electron chi connectivity index (χ1n) is 4.99. The van der Waals surface area contributed by atoms with Gasteiger partial charge in [0.1, 0.15) is 0 Å². The fraction of sp³-hybridized carbons (Fsp3) is 0.0769. The third-order valence-corrected chi connectivity index (χ3v) is 2.67. The molecule has 4 heteroatoms. The van der Waals surface area contributed by atoms with E-state index in [1.54, 1.807) is 35.4 Å². The minimum absolute atomic E-state index is 0.0276. The van der Waals surface area contributed by atoms with Crippen molar-refractivity contribution in [1.82, 2.24) is 0 Å². The molecular formula is C13H10ClF2N. The van der Waals surface area contributed by atoms with Crippen LogP contribution in [-0.4, -0.2) is 6.43 Å². The molecule has 0 fully saturated rings. The summed E-state index contributed by atoms with van der Waals surface area (Å²) in [5.41, 5.74) is 1.31. The predicted octanol–water partition coefficient (Wildman–Crippen LogP) is 4.38. The monoisotopic (exact) mass is 253 g/mol. The van der Waals surface area contributed by atoms with E-state index in [4.69, 9.17) is 11.6 Å². The Balaban J connectivity index is 2.24. The lowest BCUT2D eigenvalue weighted by molar-refractivity contribution is 0.194. The van der Waals surface area contributed by atoms with Crippen LogP contribution >= 0.6 is 11.6 Å². The molecule has 17 heavy (non-hydrogen) atoms. The van der Waals surface area contributed by atoms with E-state index in [2.05, 4.69) is 6.58 Å². The Morgan fingerprint density at radius 2 is 1.82 bits per heavy atom. The molecule has 0 saturated carbocycles. The van der Waals surface area contributed by atoms with Crippen molar-refractivity contribution in [2.24, 2.45) is 0 Å². The van der Waals surface area contributed by atoms with Crippen molar-refractivity contribution in [3.05, 3.63) is 65.5 Å². The van der Waals surface area contributed by atoms with Gasteiger partial charge in [-0.3, -0.25) is 0 Å². The van der Waals surface area contributed by atoms with E-state index in [9.17, 15) is 8.78 Å². The number of anilines is 1. The van der Waals surface area contributed by atoms with Gasteiger partial charge in [0.2, 0.25) is 0 Å². The van der Waals surface area contributed by atoms with Gasteiger partial charge in [-0.1, -0.05) is 18.2 Å². The molecule has 1 aliphatic heterocycles. The molecule has 1 nitrogen and oxygen atoms in total. The highest BCUT2D eigenvalue weighted by Crippen LogP contribution is 2.27. The van der Waals surface area contributed by atoms with E-state index < -0.39 is 6.43 Å². The Labute approximate surface area is 103 Å². The van der Waals surface area contributed by atoms with Gasteiger partial charge < -0.3 is 4.90 Å². The van der Waals surface area contributed by atoms with E-state index in [0.29, 0.717) is 10.7 Å². The Bertz CT molecular complexity index is 489. The van der Waals surface area contributed by atoms with Crippen LogP contribution in [0.1, 0.15) is 0 Å². The summed E-state index contributed by atoms with van der Waals surface area (Å²) >= 11 is 5.78. The number of hydrogen-bond donors (Lipinski definition) is 0. The average molecular weight is 254 g/mol. The number of halogens is 3. The van der Waals surface area contributed by atoms with E-state index >= 15 is 0 Å². The zero-order valence-electron chi connectivity index (χ0n) is 8.91. The van der Waals surface area contributed by atoms with Gasteiger partial charge in [-0.25, -0.2) is 8.78 Å². The molecule has 0 aromatic heterocycles. The van der Waals surface area contributed by atoms with Crippen molar-refractivity contribution < 1.29 is 8.78 Å². The number of nitrogens with zero attached hydrogens (tertiary/aromatic N) is 1. The van der Waals surface area contributed by atoms with Crippen molar-refractivity contribution in [1.29, 1.82) is 0 Å². The lowest BCUT2D eigenvalue weighted by atomic mass is 10.1. The molecule has 0 saturated heterocycles. The molecule has 0 atom stereocenters. The first-order valence-corrected chi connectivity index (χ1v) is 5.37. The lowest BCUT2D eigenvalue weighted by Crippen LogP contribution is -2.17. The fourth-order valence-electron chi connectivity index (χ4n) is 1.56. The minimum Gasteiger partial charge on any atom is -0.318 e. The Morgan fingerprint density at radius 3 is 2.35 bits per heavy atom. The summed E-state index contributed by atoms with van der Waals surface area (Å²) in [5.74, 6) is 0. The van der Waals surface area contributed by atoms with Gasteiger partial charge in [0.25, 0.3) is 6.43 Å². The second kappa shape index (κ2) is 4.72. The molecule has 1 heterocycles. The van der Waals surface area contributed by atoms with Gasteiger partial charge in [-0.15, -0.1) is 0 Å². The molecule has 0 N–H and O–H groups in total. The number of hydrogen-bond acceptors (Lipinski definition) is 1. The molecule has 0 bridgehead atoms. The molecule has 0 spiro atoms. The zero-order chi connectivity index (χ0) is 12.4. The highest BCUT2D eigenvalue weighted by Gasteiger charge is 2.15. The third kappa shape index (κ3) is 2.56. The van der Waals surface area contributed by atoms with Gasteiger partial charge >= 0.3 is 0 Å². The van der Waals surface area contributed by atoms with Crippen LogP contribution in [0.4, 0.5) is 14.5 Å². The molecule has 1 aliphatic rings. The van der Waals surface area contributed by atoms with Crippen LogP contribution in [0.3, 0.4) is 0 Å². The highest BCUT2D eigenvalue weighted by atomic mass is 35.5. The topological polar surface area (TPSA) is 3.24 Å². The van der Waals surface area contributed by atoms with Gasteiger partial charge in [0.15, 0.2) is 0 Å². The van der Waals surface area contributed by atoms with Gasteiger partial charge in [-0.05, 0) is 36.4 Å². The predicted molar refractivity (Wildman–Crippen MR) is 66.3 cm³/mol. The third-order valence-electron chi connectivity index (χ3n) is 2.42. The maximum Gasteiger partial charge on any atom is 0.263 e. The van der Waals surface area contributed by atoms with E-state index in [1.165, 1.54) is 12.2 Å². The van der Waals surface area contributed by atoms with E-state index in [1.807, 2.05) is 0 Å². The second-order valence-corrected chi connectivity index (χ2v) is 4.03. The summed E-state index contributed by atoms with van der Waals surface area (Å²) in [7, 11) is 0. The van der Waals surface area contributed by atoms with Gasteiger partial charge in [0, 0.05) is 28.2 Å². The Kier molecular flexibility index (Phi) is 3.29. The molecule has 2 rings (SSSR count). The average Bonchev–Trinajstić information content (AvgIpc) is 2.30. The molecule has 0 aliphatic carbocycles. The number of allylic oxidation sites excluding steroid dienone is 3. The molecule has 1 aromatic carbocycles. The molecule has 1 aromatic rings. The van der Waals surface area contributed by atoms with Crippen LogP contribution in [0.2, 0.25) is 5.02 Å². The number of rotatable bonds is 2. The molecule has 0 unspecified atom stereocenters. The van der Waals surface area contributed by atoms with Crippen LogP contribution in [0.25, 0.3) is 0 Å². The summed E-state index contributed by atoms with van der Waals surface area (Å²) in [6.45, 7) is 3.76. The SMILES string of the molecule is C=C1C=C(C(F)F)C=CN1c1ccc(Cl)cc1. The van der Waals surface area contributed by atoms with Crippen molar-refractivity contribution in [2.75, 3.05) is 4.90 Å². The quantitative estimate of drug-likeness (QED) is 0.756. The van der Waals surface area contributed by atoms with Crippen molar-refractivity contribution in [3.63, 3.8) is 0 Å². The molecular weight excluding hydrogens is 244 g/mol. The summed E-state index contributed by atoms with van der Waals surface area (Å²) < 4.78 is 25.0. The molecule has 0 amide bonds. The maximum absolute atomic E-state index is 12.5. The standard InChI is InChI=1S/C13H10ClF2N/c1-9-8-10(13(15)16)6-7-17(9)12-4-2-11(14)3-5-12/h2-8,13H,1H2. The van der Waals surface area contributed by atoms with Crippen molar-refractivity contribution in [3.8, 4) is 0 Å². The van der Waals surface area contributed by atoms with Crippen molar-refractivity contribution >= 4 is 17.3 Å². The molecule has 88 valence electrons. The van der Waals surface area contributed by atoms with Gasteiger partial charge in [0.05, 0.1) is 0 Å². The summed E-state index contributed by atoms with van der Waals surface area (Å²) in [4.78, 5) is 1.72. The zero-order valence-corrected chi connectivity index (χ0v) is 9.66. The van der Waals surface area contributed by atoms with Crippen LogP contribution in [0, 0.1) is 0 Å². The highest BCUT2D eigenvalue weighted by molar-refractivity contribution is 6.30. The Hall–Kier alpha value is -1.61. The minimum atomic E-state index is -2.48. The number of benzene rings is 1. The van der Waals surface area contributed by atoms with E-state index in [0.717, 1.165) is 5.69 Å².